The minimum atomic E-state index is -0.578. The highest BCUT2D eigenvalue weighted by molar-refractivity contribution is 7.10. The highest BCUT2D eigenvalue weighted by Crippen LogP contribution is 2.43. The van der Waals surface area contributed by atoms with Gasteiger partial charge in [-0.05, 0) is 143 Å². The van der Waals surface area contributed by atoms with Gasteiger partial charge in [0, 0.05) is 29.8 Å². The first-order chi connectivity index (χ1) is 34.9. The summed E-state index contributed by atoms with van der Waals surface area (Å²) in [4.78, 5) is 47.4. The number of hydrogen-bond acceptors (Lipinski definition) is 12. The maximum atomic E-state index is 14.2. The van der Waals surface area contributed by atoms with Gasteiger partial charge >= 0.3 is 0 Å². The first kappa shape index (κ1) is 54.1. The van der Waals surface area contributed by atoms with Crippen molar-refractivity contribution in [1.29, 1.82) is 5.26 Å². The quantitative estimate of drug-likeness (QED) is 0.0249. The molecule has 1 aromatic heterocycles. The molecule has 72 heavy (non-hydrogen) atoms. The number of thiazole rings is 1. The van der Waals surface area contributed by atoms with Crippen molar-refractivity contribution in [3.63, 3.8) is 0 Å². The number of ketones is 1. The largest absolute Gasteiger partial charge is 0.468 e. The summed E-state index contributed by atoms with van der Waals surface area (Å²) < 4.78 is 23.0. The number of nitrogen functional groups attached to an aromatic ring is 1. The molecule has 1 saturated heterocycles. The van der Waals surface area contributed by atoms with Crippen LogP contribution in [0.1, 0.15) is 129 Å². The molecule has 2 amide bonds. The van der Waals surface area contributed by atoms with Crippen LogP contribution in [-0.2, 0) is 36.6 Å². The molecule has 1 unspecified atom stereocenters. The highest BCUT2D eigenvalue weighted by Gasteiger charge is 2.40. The van der Waals surface area contributed by atoms with E-state index >= 15 is 0 Å². The number of aryl methyl sites for hydroxylation is 1. The van der Waals surface area contributed by atoms with E-state index in [4.69, 9.17) is 29.7 Å². The van der Waals surface area contributed by atoms with Crippen molar-refractivity contribution in [3.05, 3.63) is 128 Å². The van der Waals surface area contributed by atoms with Gasteiger partial charge in [-0.25, -0.2) is 4.98 Å². The highest BCUT2D eigenvalue weighted by atomic mass is 32.1. The Balaban J connectivity index is 0.760. The Morgan fingerprint density at radius 2 is 1.60 bits per heavy atom. The molecular formula is C58H74N6O7S. The Kier molecular flexibility index (Phi) is 20.2. The zero-order valence-corrected chi connectivity index (χ0v) is 43.7. The molecule has 7 rings (SSSR count). The summed E-state index contributed by atoms with van der Waals surface area (Å²) in [7, 11) is 1.74. The van der Waals surface area contributed by atoms with Crippen LogP contribution in [-0.4, -0.2) is 93.0 Å². The van der Waals surface area contributed by atoms with Crippen LogP contribution in [0.5, 0.6) is 5.75 Å². The number of likely N-dealkylation sites (tertiary alicyclic amines) is 1. The van der Waals surface area contributed by atoms with E-state index in [0.29, 0.717) is 68.4 Å². The van der Waals surface area contributed by atoms with Gasteiger partial charge in [-0.3, -0.25) is 14.4 Å². The lowest BCUT2D eigenvalue weighted by Gasteiger charge is -2.35. The van der Waals surface area contributed by atoms with E-state index in [1.165, 1.54) is 33.6 Å². The van der Waals surface area contributed by atoms with Gasteiger partial charge in [-0.15, -0.1) is 11.3 Å². The molecule has 13 nitrogen and oxygen atoms in total. The summed E-state index contributed by atoms with van der Waals surface area (Å²) in [5.41, 5.74) is 15.4. The number of hydrogen-bond donors (Lipinski definition) is 3. The molecule has 3 aliphatic rings. The van der Waals surface area contributed by atoms with Crippen LogP contribution in [0.15, 0.2) is 94.9 Å². The molecule has 2 fully saturated rings. The topological polar surface area (TPSA) is 178 Å². The van der Waals surface area contributed by atoms with E-state index in [9.17, 15) is 19.6 Å². The van der Waals surface area contributed by atoms with Crippen LogP contribution < -0.4 is 21.1 Å². The molecular weight excluding hydrogens is 925 g/mol. The van der Waals surface area contributed by atoms with Gasteiger partial charge in [-0.1, -0.05) is 85.9 Å². The van der Waals surface area contributed by atoms with Crippen molar-refractivity contribution in [3.8, 4) is 11.8 Å². The smallest absolute Gasteiger partial charge is 0.246 e. The molecule has 1 aliphatic heterocycles. The molecule has 0 bridgehead atoms. The zero-order valence-electron chi connectivity index (χ0n) is 42.9. The maximum absolute atomic E-state index is 14.2. The Hall–Kier alpha value is -5.69. The van der Waals surface area contributed by atoms with Crippen LogP contribution in [0.3, 0.4) is 0 Å². The molecule has 4 N–H and O–H groups in total. The molecule has 14 heteroatoms. The average molecular weight is 999 g/mol. The number of likely N-dealkylation sites (N-methyl/N-ethyl adjacent to an activating group) is 1. The van der Waals surface area contributed by atoms with E-state index in [2.05, 4.69) is 61.7 Å². The minimum Gasteiger partial charge on any atom is -0.468 e. The zero-order chi connectivity index (χ0) is 51.0. The predicted octanol–water partition coefficient (Wildman–Crippen LogP) is 9.82. The molecule has 384 valence electrons. The number of nitrogens with one attached hydrogen (secondary N) is 2. The van der Waals surface area contributed by atoms with Crippen molar-refractivity contribution in [2.45, 2.75) is 116 Å². The summed E-state index contributed by atoms with van der Waals surface area (Å²) >= 11 is 1.40. The number of amides is 2. The van der Waals surface area contributed by atoms with E-state index in [0.717, 1.165) is 98.0 Å². The van der Waals surface area contributed by atoms with Gasteiger partial charge in [0.1, 0.15) is 22.5 Å². The van der Waals surface area contributed by atoms with Gasteiger partial charge in [0.25, 0.3) is 0 Å². The lowest BCUT2D eigenvalue weighted by molar-refractivity contribution is -0.139. The Labute approximate surface area is 430 Å². The lowest BCUT2D eigenvalue weighted by Crippen LogP contribution is -2.55. The van der Waals surface area contributed by atoms with Crippen molar-refractivity contribution in [1.82, 2.24) is 20.5 Å². The summed E-state index contributed by atoms with van der Waals surface area (Å²) in [5, 5.41) is 18.8. The summed E-state index contributed by atoms with van der Waals surface area (Å²) in [6.07, 6.45) is 10.4. The predicted molar refractivity (Wildman–Crippen MR) is 283 cm³/mol. The summed E-state index contributed by atoms with van der Waals surface area (Å²) in [5.74, 6) is 0.861. The minimum absolute atomic E-state index is 0.00481. The number of allylic oxidation sites excluding steroid dienone is 4. The molecule has 4 aromatic rings. The van der Waals surface area contributed by atoms with Gasteiger partial charge in [0.2, 0.25) is 17.6 Å². The Morgan fingerprint density at radius 3 is 2.32 bits per heavy atom. The van der Waals surface area contributed by atoms with Crippen LogP contribution >= 0.6 is 11.3 Å². The summed E-state index contributed by atoms with van der Waals surface area (Å²) in [6, 6.07) is 25.0. The van der Waals surface area contributed by atoms with Gasteiger partial charge in [0.05, 0.1) is 50.2 Å². The van der Waals surface area contributed by atoms with E-state index in [-0.39, 0.29) is 36.4 Å². The van der Waals surface area contributed by atoms with Crippen molar-refractivity contribution < 1.29 is 33.3 Å². The third-order valence-electron chi connectivity index (χ3n) is 14.7. The molecule has 0 spiro atoms. The lowest BCUT2D eigenvalue weighted by atomic mass is 9.72. The second-order valence-corrected chi connectivity index (χ2v) is 20.7. The Bertz CT molecular complexity index is 2540. The molecule has 2 heterocycles. The molecule has 3 aromatic carbocycles. The third kappa shape index (κ3) is 14.3. The number of nitrogens with two attached hydrogens (primary N) is 1. The fraction of sp³-hybridized carbons (Fsp3) is 0.500. The number of rotatable bonds is 25. The Morgan fingerprint density at radius 1 is 0.889 bits per heavy atom. The SMILES string of the molecule is CNC(C)C(=O)N[C@H](C(=O)N1CCC[C@H]1c1nc(C(=O)c2cccc(OCOCCOCCOCCCc3ccc(C[C@@H](C)[C@H]4CC(C)=C(c5ccc(N)cc5)C(C#N)=C4C)cc3)c2)cs1)C1CCCCC1. The maximum Gasteiger partial charge on any atom is 0.246 e. The van der Waals surface area contributed by atoms with Crippen LogP contribution in [0.25, 0.3) is 5.57 Å². The van der Waals surface area contributed by atoms with Gasteiger partial charge in [-0.2, -0.15) is 5.26 Å². The van der Waals surface area contributed by atoms with Crippen LogP contribution in [0.4, 0.5) is 5.69 Å². The fourth-order valence-corrected chi connectivity index (χ4v) is 11.4. The van der Waals surface area contributed by atoms with Crippen molar-refractivity contribution >= 4 is 40.2 Å². The van der Waals surface area contributed by atoms with E-state index in [1.807, 2.05) is 29.2 Å². The first-order valence-electron chi connectivity index (χ1n) is 25.9. The fourth-order valence-electron chi connectivity index (χ4n) is 10.5. The molecule has 1 saturated carbocycles. The van der Waals surface area contributed by atoms with E-state index < -0.39 is 12.1 Å². The second kappa shape index (κ2) is 26.8. The number of aromatic nitrogens is 1. The normalized spacial score (nSPS) is 18.7. The third-order valence-corrected chi connectivity index (χ3v) is 15.7. The average Bonchev–Trinajstić information content (AvgIpc) is 4.10. The van der Waals surface area contributed by atoms with Crippen molar-refractivity contribution in [2.75, 3.05) is 59.2 Å². The number of nitriles is 1. The molecule has 5 atom stereocenters. The second-order valence-electron chi connectivity index (χ2n) is 19.8. The van der Waals surface area contributed by atoms with E-state index in [1.54, 1.807) is 43.6 Å². The number of ether oxygens (including phenoxy) is 4. The molecule has 0 radical (unpaired) electrons. The number of carbonyl (C=O) groups excluding carboxylic acids is 3. The first-order valence-corrected chi connectivity index (χ1v) is 26.8. The van der Waals surface area contributed by atoms with Crippen LogP contribution in [0.2, 0.25) is 0 Å². The van der Waals surface area contributed by atoms with Crippen LogP contribution in [0, 0.1) is 29.1 Å². The number of nitrogens with zero attached hydrogens (tertiary/aromatic N) is 3. The monoisotopic (exact) mass is 999 g/mol. The number of benzene rings is 3. The van der Waals surface area contributed by atoms with Gasteiger partial charge in [0.15, 0.2) is 6.79 Å². The van der Waals surface area contributed by atoms with Gasteiger partial charge < -0.3 is 40.2 Å². The number of anilines is 1. The summed E-state index contributed by atoms with van der Waals surface area (Å²) in [6.45, 7) is 11.3. The van der Waals surface area contributed by atoms with Crippen molar-refractivity contribution in [2.24, 2.45) is 17.8 Å². The number of carbonyl (C=O) groups is 3. The molecule has 2 aliphatic carbocycles. The standard InChI is InChI=1S/C58H74N6O7S/c1-38(49-33-39(2)53(50(35-59)40(49)3)44-22-24-47(60)25-23-44)32-43-20-18-42(19-21-43)12-11-27-68-28-29-69-30-31-70-37-71-48-16-9-15-46(34-48)55(65)51-36-72-57(62-51)52-17-10-26-64(52)58(67)54(45-13-7-6-8-14-45)63-56(66)41(4)61-5/h9,15-16,18-25,34,36,38,41,45,49,52,54,61H,6-8,10-14,17,26-33,37,60H2,1-5H3,(H,63,66)/t38-,41?,49-,52+,54+/m1/s1.